The van der Waals surface area contributed by atoms with E-state index < -0.39 is 0 Å². The number of hydrogen-bond donors (Lipinski definition) is 0. The lowest BCUT2D eigenvalue weighted by Crippen LogP contribution is -2.44. The molecule has 0 aromatic heterocycles. The van der Waals surface area contributed by atoms with Gasteiger partial charge in [-0.05, 0) is 30.7 Å². The maximum atomic E-state index is 13.3. The molecule has 2 saturated heterocycles. The van der Waals surface area contributed by atoms with Gasteiger partial charge in [-0.2, -0.15) is 0 Å². The highest BCUT2D eigenvalue weighted by Gasteiger charge is 2.29. The lowest BCUT2D eigenvalue weighted by atomic mass is 10.0. The van der Waals surface area contributed by atoms with Crippen LogP contribution in [0.5, 0.6) is 0 Å². The molecule has 0 atom stereocenters. The van der Waals surface area contributed by atoms with Crippen LogP contribution in [0.2, 0.25) is 0 Å². The molecule has 0 radical (unpaired) electrons. The molecule has 2 fully saturated rings. The summed E-state index contributed by atoms with van der Waals surface area (Å²) in [7, 11) is 2.17. The number of aliphatic imine (C=N–C) groups is 1. The van der Waals surface area contributed by atoms with Crippen LogP contribution in [0.25, 0.3) is 0 Å². The van der Waals surface area contributed by atoms with E-state index in [1.54, 1.807) is 6.08 Å². The summed E-state index contributed by atoms with van der Waals surface area (Å²) in [6.45, 7) is 8.70. The van der Waals surface area contributed by atoms with E-state index in [9.17, 15) is 9.59 Å². The molecule has 0 saturated carbocycles. The molecule has 0 spiro atoms. The van der Waals surface area contributed by atoms with E-state index in [2.05, 4.69) is 39.9 Å². The highest BCUT2D eigenvalue weighted by Crippen LogP contribution is 2.32. The maximum absolute atomic E-state index is 13.3. The van der Waals surface area contributed by atoms with E-state index >= 15 is 0 Å². The summed E-state index contributed by atoms with van der Waals surface area (Å²) in [4.78, 5) is 39.1. The first-order chi connectivity index (χ1) is 16.1. The van der Waals surface area contributed by atoms with Crippen molar-refractivity contribution < 1.29 is 14.3 Å². The second-order valence-corrected chi connectivity index (χ2v) is 9.39. The predicted molar refractivity (Wildman–Crippen MR) is 127 cm³/mol. The van der Waals surface area contributed by atoms with Crippen molar-refractivity contribution in [2.75, 3.05) is 71.0 Å². The summed E-state index contributed by atoms with van der Waals surface area (Å²) in [5.41, 5.74) is 4.31. The van der Waals surface area contributed by atoms with Crippen LogP contribution in [0.15, 0.2) is 35.1 Å². The van der Waals surface area contributed by atoms with Gasteiger partial charge < -0.3 is 19.4 Å². The van der Waals surface area contributed by atoms with Crippen LogP contribution in [-0.4, -0.2) is 98.2 Å². The number of nitrogens with zero attached hydrogens (tertiary/aromatic N) is 5. The Morgan fingerprint density at radius 2 is 1.85 bits per heavy atom. The number of benzene rings is 1. The molecule has 33 heavy (non-hydrogen) atoms. The van der Waals surface area contributed by atoms with E-state index in [0.29, 0.717) is 31.3 Å². The average molecular weight is 452 g/mol. The summed E-state index contributed by atoms with van der Waals surface area (Å²) in [5, 5.41) is 0. The lowest BCUT2D eigenvalue weighted by Gasteiger charge is -2.32. The van der Waals surface area contributed by atoms with Gasteiger partial charge in [-0.1, -0.05) is 12.1 Å². The zero-order valence-electron chi connectivity index (χ0n) is 19.5. The molecule has 8 heteroatoms. The predicted octanol–water partition coefficient (Wildman–Crippen LogP) is 1.30. The standard InChI is InChI=1S/C25H33N5O3/c1-27-7-9-28(10-8-27)18-19-3-2-4-23-22(19)5-6-30(23)25(32)16-20-15-21(31)17-24(26-20)29-11-13-33-14-12-29/h2-4,17H,5-16,18H2,1H3. The molecule has 1 amide bonds. The van der Waals surface area contributed by atoms with Gasteiger partial charge in [-0.3, -0.25) is 14.5 Å². The number of morpholine rings is 1. The van der Waals surface area contributed by atoms with Gasteiger partial charge >= 0.3 is 0 Å². The van der Waals surface area contributed by atoms with Crippen molar-refractivity contribution in [3.8, 4) is 0 Å². The van der Waals surface area contributed by atoms with Gasteiger partial charge in [0.25, 0.3) is 0 Å². The molecule has 176 valence electrons. The number of allylic oxidation sites excluding steroid dienone is 1. The second-order valence-electron chi connectivity index (χ2n) is 9.39. The van der Waals surface area contributed by atoms with Crippen LogP contribution < -0.4 is 4.90 Å². The molecule has 1 aromatic rings. The minimum atomic E-state index is 0.0191. The largest absolute Gasteiger partial charge is 0.378 e. The summed E-state index contributed by atoms with van der Waals surface area (Å²) in [6, 6.07) is 6.33. The number of fused-ring (bicyclic) bond motifs is 1. The van der Waals surface area contributed by atoms with Crippen LogP contribution >= 0.6 is 0 Å². The number of carbonyl (C=O) groups is 2. The Bertz CT molecular complexity index is 974. The van der Waals surface area contributed by atoms with Crippen molar-refractivity contribution >= 4 is 23.1 Å². The number of hydrogen-bond acceptors (Lipinski definition) is 7. The summed E-state index contributed by atoms with van der Waals surface area (Å²) >= 11 is 0. The Morgan fingerprint density at radius 1 is 1.06 bits per heavy atom. The number of ether oxygens (including phenoxy) is 1. The molecule has 0 unspecified atom stereocenters. The van der Waals surface area contributed by atoms with Crippen molar-refractivity contribution in [3.63, 3.8) is 0 Å². The molecule has 8 nitrogen and oxygen atoms in total. The van der Waals surface area contributed by atoms with Gasteiger partial charge in [0.2, 0.25) is 5.91 Å². The van der Waals surface area contributed by atoms with E-state index in [1.807, 2.05) is 4.90 Å². The molecular formula is C25H33N5O3. The Balaban J connectivity index is 1.27. The minimum Gasteiger partial charge on any atom is -0.378 e. The van der Waals surface area contributed by atoms with Crippen molar-refractivity contribution in [1.29, 1.82) is 0 Å². The average Bonchev–Trinajstić information content (AvgIpc) is 3.26. The Hall–Kier alpha value is -2.55. The molecule has 1 aromatic carbocycles. The second kappa shape index (κ2) is 9.75. The number of rotatable bonds is 5. The number of likely N-dealkylation sites (N-methyl/N-ethyl adjacent to an activating group) is 1. The molecule has 4 aliphatic rings. The fourth-order valence-corrected chi connectivity index (χ4v) is 5.12. The first kappa shape index (κ1) is 22.3. The van der Waals surface area contributed by atoms with Gasteiger partial charge in [-0.25, -0.2) is 4.99 Å². The fourth-order valence-electron chi connectivity index (χ4n) is 5.12. The zero-order valence-corrected chi connectivity index (χ0v) is 19.5. The van der Waals surface area contributed by atoms with Crippen molar-refractivity contribution in [2.45, 2.75) is 25.8 Å². The summed E-state index contributed by atoms with van der Waals surface area (Å²) in [6.07, 6.45) is 2.91. The highest BCUT2D eigenvalue weighted by molar-refractivity contribution is 6.16. The van der Waals surface area contributed by atoms with E-state index in [-0.39, 0.29) is 24.5 Å². The fraction of sp³-hybridized carbons (Fsp3) is 0.560. The van der Waals surface area contributed by atoms with Gasteiger partial charge in [-0.15, -0.1) is 0 Å². The van der Waals surface area contributed by atoms with Crippen LogP contribution in [0.3, 0.4) is 0 Å². The molecule has 4 heterocycles. The third kappa shape index (κ3) is 5.03. The third-order valence-corrected chi connectivity index (χ3v) is 7.05. The topological polar surface area (TPSA) is 68.7 Å². The summed E-state index contributed by atoms with van der Waals surface area (Å²) in [5.74, 6) is 0.722. The highest BCUT2D eigenvalue weighted by atomic mass is 16.5. The Labute approximate surface area is 195 Å². The van der Waals surface area contributed by atoms with Crippen LogP contribution in [-0.2, 0) is 27.3 Å². The first-order valence-electron chi connectivity index (χ1n) is 12.0. The molecule has 0 bridgehead atoms. The quantitative estimate of drug-likeness (QED) is 0.672. The maximum Gasteiger partial charge on any atom is 0.232 e. The molecule has 4 aliphatic heterocycles. The van der Waals surface area contributed by atoms with E-state index in [4.69, 9.17) is 9.73 Å². The molecule has 5 rings (SSSR count). The van der Waals surface area contributed by atoms with Crippen molar-refractivity contribution in [1.82, 2.24) is 14.7 Å². The van der Waals surface area contributed by atoms with Crippen molar-refractivity contribution in [3.05, 3.63) is 41.2 Å². The van der Waals surface area contributed by atoms with Gasteiger partial charge in [0.1, 0.15) is 5.82 Å². The molecule has 0 aliphatic carbocycles. The minimum absolute atomic E-state index is 0.0191. The molecular weight excluding hydrogens is 418 g/mol. The molecule has 0 N–H and O–H groups in total. The Morgan fingerprint density at radius 3 is 2.64 bits per heavy atom. The van der Waals surface area contributed by atoms with Crippen LogP contribution in [0.1, 0.15) is 24.0 Å². The van der Waals surface area contributed by atoms with E-state index in [0.717, 1.165) is 57.9 Å². The van der Waals surface area contributed by atoms with Gasteiger partial charge in [0.15, 0.2) is 5.78 Å². The number of ketones is 1. The smallest absolute Gasteiger partial charge is 0.232 e. The number of piperazine rings is 1. The van der Waals surface area contributed by atoms with Gasteiger partial charge in [0.05, 0.1) is 19.6 Å². The Kier molecular flexibility index (Phi) is 6.57. The normalized spacial score (nSPS) is 22.3. The van der Waals surface area contributed by atoms with Crippen molar-refractivity contribution in [2.24, 2.45) is 4.99 Å². The number of carbonyl (C=O) groups excluding carboxylic acids is 2. The van der Waals surface area contributed by atoms with Crippen LogP contribution in [0, 0.1) is 0 Å². The monoisotopic (exact) mass is 451 g/mol. The van der Waals surface area contributed by atoms with Crippen LogP contribution in [0.4, 0.5) is 5.69 Å². The zero-order chi connectivity index (χ0) is 22.8. The third-order valence-electron chi connectivity index (χ3n) is 7.05. The SMILES string of the molecule is CN1CCN(Cc2cccc3c2CCN3C(=O)CC2=NC(N3CCOCC3)=CC(=O)C2)CC1. The lowest BCUT2D eigenvalue weighted by molar-refractivity contribution is -0.117. The van der Waals surface area contributed by atoms with Gasteiger partial charge in [0, 0.05) is 76.3 Å². The first-order valence-corrected chi connectivity index (χ1v) is 12.0. The van der Waals surface area contributed by atoms with E-state index in [1.165, 1.54) is 11.1 Å². The number of amides is 1. The number of anilines is 1. The summed E-state index contributed by atoms with van der Waals surface area (Å²) < 4.78 is 5.40.